The van der Waals surface area contributed by atoms with Crippen molar-refractivity contribution in [2.75, 3.05) is 6.54 Å². The normalized spacial score (nSPS) is 16.1. The van der Waals surface area contributed by atoms with E-state index < -0.39 is 5.91 Å². The van der Waals surface area contributed by atoms with Crippen molar-refractivity contribution in [3.63, 3.8) is 0 Å². The average molecular weight is 362 g/mol. The Labute approximate surface area is 157 Å². The van der Waals surface area contributed by atoms with Crippen molar-refractivity contribution in [3.05, 3.63) is 71.4 Å². The molecule has 0 radical (unpaired) electrons. The van der Waals surface area contributed by atoms with Crippen LogP contribution in [0.3, 0.4) is 0 Å². The molecule has 1 unspecified atom stereocenters. The van der Waals surface area contributed by atoms with Crippen LogP contribution in [0.4, 0.5) is 0 Å². The van der Waals surface area contributed by atoms with Gasteiger partial charge >= 0.3 is 0 Å². The molecule has 138 valence electrons. The number of aromatic nitrogens is 2. The first-order chi connectivity index (χ1) is 13.2. The van der Waals surface area contributed by atoms with Crippen molar-refractivity contribution in [2.24, 2.45) is 0 Å². The van der Waals surface area contributed by atoms with Crippen molar-refractivity contribution in [1.29, 1.82) is 0 Å². The van der Waals surface area contributed by atoms with Crippen LogP contribution in [0.25, 0.3) is 17.0 Å². The maximum atomic E-state index is 11.1. The number of amides is 1. The maximum absolute atomic E-state index is 11.1. The van der Waals surface area contributed by atoms with E-state index in [-0.39, 0.29) is 0 Å². The Morgan fingerprint density at radius 1 is 1.30 bits per heavy atom. The zero-order valence-electron chi connectivity index (χ0n) is 14.9. The summed E-state index contributed by atoms with van der Waals surface area (Å²) in [5.74, 6) is -0.527. The lowest BCUT2D eigenvalue weighted by molar-refractivity contribution is -0.124. The summed E-state index contributed by atoms with van der Waals surface area (Å²) in [6.45, 7) is 1.69. The highest BCUT2D eigenvalue weighted by atomic mass is 16.5. The Bertz CT molecular complexity index is 960. The minimum atomic E-state index is -0.527. The highest BCUT2D eigenvalue weighted by molar-refractivity contribution is 5.90. The summed E-state index contributed by atoms with van der Waals surface area (Å²) in [5.41, 5.74) is 6.22. The number of rotatable bonds is 6. The first kappa shape index (κ1) is 17.5. The number of hydrogen-bond donors (Lipinski definition) is 3. The predicted molar refractivity (Wildman–Crippen MR) is 104 cm³/mol. The molecule has 6 nitrogen and oxygen atoms in total. The molecular formula is C21H22N4O2. The summed E-state index contributed by atoms with van der Waals surface area (Å²) in [7, 11) is 0. The van der Waals surface area contributed by atoms with Gasteiger partial charge in [0.25, 0.3) is 5.91 Å². The number of nitrogens with one attached hydrogen (secondary N) is 2. The molecule has 4 rings (SSSR count). The topological polar surface area (TPSA) is 79.2 Å². The van der Waals surface area contributed by atoms with Gasteiger partial charge in [-0.05, 0) is 41.7 Å². The third-order valence-corrected chi connectivity index (χ3v) is 4.97. The van der Waals surface area contributed by atoms with E-state index in [1.165, 1.54) is 22.6 Å². The van der Waals surface area contributed by atoms with Gasteiger partial charge in [-0.3, -0.25) is 14.7 Å². The largest absolute Gasteiger partial charge is 0.308 e. The minimum Gasteiger partial charge on any atom is -0.308 e. The Kier molecular flexibility index (Phi) is 5.00. The van der Waals surface area contributed by atoms with Crippen molar-refractivity contribution in [3.8, 4) is 0 Å². The lowest BCUT2D eigenvalue weighted by atomic mass is 10.0. The highest BCUT2D eigenvalue weighted by Gasteiger charge is 2.21. The van der Waals surface area contributed by atoms with Crippen LogP contribution >= 0.6 is 0 Å². The van der Waals surface area contributed by atoms with Gasteiger partial charge < -0.3 is 5.32 Å². The number of fused-ring (bicyclic) bond motifs is 2. The van der Waals surface area contributed by atoms with Gasteiger partial charge in [0.05, 0.1) is 12.1 Å². The van der Waals surface area contributed by atoms with Gasteiger partial charge in [0.2, 0.25) is 0 Å². The summed E-state index contributed by atoms with van der Waals surface area (Å²) in [6, 6.07) is 14.7. The van der Waals surface area contributed by atoms with Gasteiger partial charge in [-0.1, -0.05) is 36.4 Å². The number of carbonyl (C=O) groups is 1. The van der Waals surface area contributed by atoms with Crippen molar-refractivity contribution < 1.29 is 10.0 Å². The average Bonchev–Trinajstić information content (AvgIpc) is 3.29. The standard InChI is InChI=1S/C21H22N4O2/c26-21(24-27)10-6-15-5-8-18-16(13-15)7-9-20(18)22-11-12-25-14-17-3-1-2-4-19(17)23-25/h1-6,8,10,13-14,20,22,27H,7,9,11-12H2,(H,24,26). The van der Waals surface area contributed by atoms with E-state index in [1.807, 2.05) is 28.9 Å². The van der Waals surface area contributed by atoms with E-state index >= 15 is 0 Å². The van der Waals surface area contributed by atoms with Crippen LogP contribution in [-0.4, -0.2) is 27.4 Å². The lowest BCUT2D eigenvalue weighted by Crippen LogP contribution is -2.24. The molecule has 0 aliphatic heterocycles. The number of hydroxylamine groups is 1. The molecule has 1 heterocycles. The van der Waals surface area contributed by atoms with Crippen LogP contribution in [0, 0.1) is 0 Å². The second-order valence-electron chi connectivity index (χ2n) is 6.76. The molecule has 1 aromatic heterocycles. The van der Waals surface area contributed by atoms with Crippen LogP contribution in [-0.2, 0) is 17.8 Å². The van der Waals surface area contributed by atoms with Crippen molar-refractivity contribution >= 4 is 22.9 Å². The van der Waals surface area contributed by atoms with E-state index in [4.69, 9.17) is 5.21 Å². The fourth-order valence-corrected chi connectivity index (χ4v) is 3.65. The number of carbonyl (C=O) groups excluding carboxylic acids is 1. The molecule has 2 aromatic carbocycles. The molecule has 0 bridgehead atoms. The summed E-state index contributed by atoms with van der Waals surface area (Å²) in [5, 5.41) is 17.9. The Balaban J connectivity index is 1.36. The Hall–Kier alpha value is -2.96. The predicted octanol–water partition coefficient (Wildman–Crippen LogP) is 2.83. The molecular weight excluding hydrogens is 340 g/mol. The van der Waals surface area contributed by atoms with E-state index in [2.05, 4.69) is 34.8 Å². The van der Waals surface area contributed by atoms with E-state index in [0.717, 1.165) is 37.0 Å². The van der Waals surface area contributed by atoms with Gasteiger partial charge in [0.15, 0.2) is 0 Å². The van der Waals surface area contributed by atoms with Crippen LogP contribution in [0.1, 0.15) is 29.2 Å². The van der Waals surface area contributed by atoms with Gasteiger partial charge in [0.1, 0.15) is 0 Å². The highest BCUT2D eigenvalue weighted by Crippen LogP contribution is 2.31. The van der Waals surface area contributed by atoms with Crippen LogP contribution < -0.4 is 10.8 Å². The SMILES string of the molecule is O=C(C=Cc1ccc2c(c1)CCC2NCCn1cc2ccccc2n1)NO. The second-order valence-corrected chi connectivity index (χ2v) is 6.76. The molecule has 1 aliphatic carbocycles. The molecule has 0 spiro atoms. The third kappa shape index (κ3) is 3.92. The molecule has 1 atom stereocenters. The molecule has 0 fully saturated rings. The van der Waals surface area contributed by atoms with Crippen molar-refractivity contribution in [2.45, 2.75) is 25.4 Å². The van der Waals surface area contributed by atoms with E-state index in [9.17, 15) is 4.79 Å². The van der Waals surface area contributed by atoms with Gasteiger partial charge in [-0.25, -0.2) is 5.48 Å². The number of nitrogens with zero attached hydrogens (tertiary/aromatic N) is 2. The maximum Gasteiger partial charge on any atom is 0.267 e. The molecule has 1 amide bonds. The molecule has 1 aliphatic rings. The minimum absolute atomic E-state index is 0.351. The van der Waals surface area contributed by atoms with Crippen LogP contribution in [0.15, 0.2) is 54.7 Å². The molecule has 0 saturated carbocycles. The zero-order chi connectivity index (χ0) is 18.6. The molecule has 27 heavy (non-hydrogen) atoms. The number of aryl methyl sites for hydroxylation is 1. The number of benzene rings is 2. The fourth-order valence-electron chi connectivity index (χ4n) is 3.65. The van der Waals surface area contributed by atoms with E-state index in [1.54, 1.807) is 11.6 Å². The van der Waals surface area contributed by atoms with E-state index in [0.29, 0.717) is 6.04 Å². The first-order valence-electron chi connectivity index (χ1n) is 9.13. The molecule has 3 aromatic rings. The first-order valence-corrected chi connectivity index (χ1v) is 9.13. The molecule has 6 heteroatoms. The summed E-state index contributed by atoms with van der Waals surface area (Å²) >= 11 is 0. The van der Waals surface area contributed by atoms with Gasteiger partial charge in [0, 0.05) is 30.2 Å². The summed E-state index contributed by atoms with van der Waals surface area (Å²) in [4.78, 5) is 11.1. The monoisotopic (exact) mass is 362 g/mol. The summed E-state index contributed by atoms with van der Waals surface area (Å²) in [6.07, 6.45) is 7.20. The van der Waals surface area contributed by atoms with Gasteiger partial charge in [-0.2, -0.15) is 5.10 Å². The molecule has 0 saturated heterocycles. The summed E-state index contributed by atoms with van der Waals surface area (Å²) < 4.78 is 1.99. The Morgan fingerprint density at radius 3 is 3.04 bits per heavy atom. The Morgan fingerprint density at radius 2 is 2.19 bits per heavy atom. The molecule has 3 N–H and O–H groups in total. The fraction of sp³-hybridized carbons (Fsp3) is 0.238. The van der Waals surface area contributed by atoms with Crippen LogP contribution in [0.5, 0.6) is 0 Å². The van der Waals surface area contributed by atoms with Crippen molar-refractivity contribution in [1.82, 2.24) is 20.6 Å². The quantitative estimate of drug-likeness (QED) is 0.358. The number of hydrogen-bond acceptors (Lipinski definition) is 4. The smallest absolute Gasteiger partial charge is 0.267 e. The lowest BCUT2D eigenvalue weighted by Gasteiger charge is -2.14. The van der Waals surface area contributed by atoms with Gasteiger partial charge in [-0.15, -0.1) is 0 Å². The zero-order valence-corrected chi connectivity index (χ0v) is 14.9. The second kappa shape index (κ2) is 7.73. The third-order valence-electron chi connectivity index (χ3n) is 4.97. The van der Waals surface area contributed by atoms with Crippen LogP contribution in [0.2, 0.25) is 0 Å².